The molecule has 1 aliphatic carbocycles. The SMILES string of the molecule is CCc1nccc(Nc2cc(-c3ccnc(N4CCn5c(cc6c5CC(C)(C)C6)C4=O)c3CO)cn(C)c2=O)n1. The Kier molecular flexibility index (Phi) is 6.29. The average Bonchev–Trinajstić information content (AvgIpc) is 3.43. The number of nitrogens with zero attached hydrogens (tertiary/aromatic N) is 6. The summed E-state index contributed by atoms with van der Waals surface area (Å²) in [6, 6.07) is 7.28. The van der Waals surface area contributed by atoms with Gasteiger partial charge in [0.15, 0.2) is 0 Å². The van der Waals surface area contributed by atoms with E-state index < -0.39 is 0 Å². The molecular weight excluding hydrogens is 506 g/mol. The Morgan fingerprint density at radius 2 is 1.88 bits per heavy atom. The van der Waals surface area contributed by atoms with E-state index in [0.717, 1.165) is 12.8 Å². The normalized spacial score (nSPS) is 15.7. The first kappa shape index (κ1) is 25.9. The zero-order chi connectivity index (χ0) is 28.2. The number of nitrogens with one attached hydrogen (secondary N) is 1. The van der Waals surface area contributed by atoms with Crippen molar-refractivity contribution in [3.05, 3.63) is 81.5 Å². The van der Waals surface area contributed by atoms with Crippen LogP contribution in [0.5, 0.6) is 0 Å². The lowest BCUT2D eigenvalue weighted by Gasteiger charge is -2.31. The predicted octanol–water partition coefficient (Wildman–Crippen LogP) is 3.62. The van der Waals surface area contributed by atoms with Gasteiger partial charge in [-0.1, -0.05) is 20.8 Å². The molecule has 10 heteroatoms. The van der Waals surface area contributed by atoms with Crippen molar-refractivity contribution in [1.82, 2.24) is 24.1 Å². The summed E-state index contributed by atoms with van der Waals surface area (Å²) in [4.78, 5) is 41.6. The van der Waals surface area contributed by atoms with E-state index in [0.29, 0.717) is 65.0 Å². The fraction of sp³-hybridized carbons (Fsp3) is 0.367. The first-order chi connectivity index (χ1) is 19.2. The topological polar surface area (TPSA) is 118 Å². The summed E-state index contributed by atoms with van der Waals surface area (Å²) in [5.41, 5.74) is 5.45. The van der Waals surface area contributed by atoms with E-state index in [2.05, 4.69) is 38.7 Å². The zero-order valence-corrected chi connectivity index (χ0v) is 23.2. The van der Waals surface area contributed by atoms with Crippen LogP contribution in [0.25, 0.3) is 11.1 Å². The average molecular weight is 540 g/mol. The predicted molar refractivity (Wildman–Crippen MR) is 153 cm³/mol. The summed E-state index contributed by atoms with van der Waals surface area (Å²) < 4.78 is 3.65. The van der Waals surface area contributed by atoms with E-state index in [1.807, 2.05) is 13.0 Å². The van der Waals surface area contributed by atoms with Crippen molar-refractivity contribution in [3.8, 4) is 11.1 Å². The smallest absolute Gasteiger partial charge is 0.276 e. The second kappa shape index (κ2) is 9.71. The highest BCUT2D eigenvalue weighted by Gasteiger charge is 2.37. The summed E-state index contributed by atoms with van der Waals surface area (Å²) in [6.07, 6.45) is 7.62. The number of aryl methyl sites for hydroxylation is 2. The second-order valence-electron chi connectivity index (χ2n) is 11.3. The molecule has 4 aromatic heterocycles. The van der Waals surface area contributed by atoms with Crippen LogP contribution in [-0.2, 0) is 39.5 Å². The number of carbonyl (C=O) groups is 1. The van der Waals surface area contributed by atoms with Gasteiger partial charge in [0.05, 0.1) is 6.61 Å². The van der Waals surface area contributed by atoms with E-state index in [4.69, 9.17) is 0 Å². The fourth-order valence-corrected chi connectivity index (χ4v) is 5.98. The number of pyridine rings is 2. The molecule has 0 atom stereocenters. The molecule has 2 N–H and O–H groups in total. The maximum Gasteiger partial charge on any atom is 0.276 e. The molecule has 5 heterocycles. The van der Waals surface area contributed by atoms with Gasteiger partial charge < -0.3 is 19.6 Å². The quantitative estimate of drug-likeness (QED) is 0.384. The Bertz CT molecular complexity index is 1700. The second-order valence-corrected chi connectivity index (χ2v) is 11.3. The van der Waals surface area contributed by atoms with Gasteiger partial charge in [0, 0.05) is 62.0 Å². The number of fused-ring (bicyclic) bond motifs is 3. The number of amides is 1. The lowest BCUT2D eigenvalue weighted by molar-refractivity contribution is 0.0962. The first-order valence-corrected chi connectivity index (χ1v) is 13.6. The van der Waals surface area contributed by atoms with E-state index in [1.54, 1.807) is 48.7 Å². The van der Waals surface area contributed by atoms with Crippen LogP contribution in [0, 0.1) is 5.41 Å². The molecule has 0 saturated carbocycles. The largest absolute Gasteiger partial charge is 0.392 e. The number of rotatable bonds is 6. The molecule has 0 bridgehead atoms. The molecule has 2 aliphatic rings. The molecule has 1 amide bonds. The third-order valence-electron chi connectivity index (χ3n) is 7.85. The molecule has 206 valence electrons. The van der Waals surface area contributed by atoms with Gasteiger partial charge in [0.1, 0.15) is 28.8 Å². The minimum absolute atomic E-state index is 0.115. The summed E-state index contributed by atoms with van der Waals surface area (Å²) in [5, 5.41) is 13.7. The van der Waals surface area contributed by atoms with Crippen molar-refractivity contribution in [2.45, 2.75) is 53.2 Å². The Morgan fingerprint density at radius 3 is 2.65 bits per heavy atom. The fourth-order valence-electron chi connectivity index (χ4n) is 5.98. The number of hydrogen-bond acceptors (Lipinski definition) is 7. The van der Waals surface area contributed by atoms with Gasteiger partial charge in [-0.05, 0) is 53.6 Å². The van der Waals surface area contributed by atoms with E-state index in [1.165, 1.54) is 15.8 Å². The molecule has 0 aromatic carbocycles. The van der Waals surface area contributed by atoms with Gasteiger partial charge in [-0.2, -0.15) is 0 Å². The van der Waals surface area contributed by atoms with Gasteiger partial charge in [0.25, 0.3) is 11.5 Å². The van der Waals surface area contributed by atoms with Gasteiger partial charge in [-0.25, -0.2) is 15.0 Å². The Balaban J connectivity index is 1.37. The molecule has 0 unspecified atom stereocenters. The molecule has 1 aliphatic heterocycles. The van der Waals surface area contributed by atoms with Crippen molar-refractivity contribution in [2.24, 2.45) is 12.5 Å². The van der Waals surface area contributed by atoms with Crippen molar-refractivity contribution >= 4 is 23.2 Å². The highest BCUT2D eigenvalue weighted by Crippen LogP contribution is 2.40. The van der Waals surface area contributed by atoms with E-state index >= 15 is 0 Å². The lowest BCUT2D eigenvalue weighted by atomic mass is 9.90. The molecule has 0 spiro atoms. The number of carbonyl (C=O) groups excluding carboxylic acids is 1. The molecule has 6 rings (SSSR count). The molecule has 0 radical (unpaired) electrons. The van der Waals surface area contributed by atoms with Crippen molar-refractivity contribution in [1.29, 1.82) is 0 Å². The van der Waals surface area contributed by atoms with Gasteiger partial charge in [-0.3, -0.25) is 14.5 Å². The zero-order valence-electron chi connectivity index (χ0n) is 23.2. The monoisotopic (exact) mass is 539 g/mol. The summed E-state index contributed by atoms with van der Waals surface area (Å²) in [5.74, 6) is 1.52. The Morgan fingerprint density at radius 1 is 1.07 bits per heavy atom. The number of aliphatic hydroxyl groups excluding tert-OH is 1. The summed E-state index contributed by atoms with van der Waals surface area (Å²) in [7, 11) is 1.68. The van der Waals surface area contributed by atoms with Crippen molar-refractivity contribution in [3.63, 3.8) is 0 Å². The van der Waals surface area contributed by atoms with Crippen LogP contribution in [0.2, 0.25) is 0 Å². The molecule has 40 heavy (non-hydrogen) atoms. The van der Waals surface area contributed by atoms with Crippen LogP contribution in [0.3, 0.4) is 0 Å². The first-order valence-electron chi connectivity index (χ1n) is 13.6. The molecular formula is C30H33N7O3. The van der Waals surface area contributed by atoms with Crippen LogP contribution in [0.4, 0.5) is 17.3 Å². The summed E-state index contributed by atoms with van der Waals surface area (Å²) in [6.45, 7) is 7.31. The molecule has 0 saturated heterocycles. The number of anilines is 3. The highest BCUT2D eigenvalue weighted by molar-refractivity contribution is 6.06. The lowest BCUT2D eigenvalue weighted by Crippen LogP contribution is -2.41. The Hall–Kier alpha value is -4.31. The van der Waals surface area contributed by atoms with Crippen molar-refractivity contribution < 1.29 is 9.90 Å². The van der Waals surface area contributed by atoms with E-state index in [-0.39, 0.29) is 23.5 Å². The van der Waals surface area contributed by atoms with E-state index in [9.17, 15) is 14.7 Å². The van der Waals surface area contributed by atoms with Crippen LogP contribution in [0.1, 0.15) is 53.9 Å². The number of hydrogen-bond donors (Lipinski definition) is 2. The van der Waals surface area contributed by atoms with Crippen LogP contribution < -0.4 is 15.8 Å². The minimum atomic E-state index is -0.314. The maximum atomic E-state index is 13.7. The standard InChI is InChI=1S/C30H33N7O3/c1-5-25-31-9-7-26(34-25)33-22-12-19(16-35(4)28(22)39)20-6-8-32-27(21(20)17-38)37-11-10-36-23(29(37)40)13-18-14-30(2,3)15-24(18)36/h6-9,12-13,16,38H,5,10-11,14-15,17H2,1-4H3,(H,31,33,34). The summed E-state index contributed by atoms with van der Waals surface area (Å²) >= 11 is 0. The third-order valence-corrected chi connectivity index (χ3v) is 7.85. The molecule has 10 nitrogen and oxygen atoms in total. The van der Waals surface area contributed by atoms with Crippen LogP contribution in [-0.4, -0.2) is 41.6 Å². The minimum Gasteiger partial charge on any atom is -0.392 e. The molecule has 4 aromatic rings. The third kappa shape index (κ3) is 4.38. The van der Waals surface area contributed by atoms with Gasteiger partial charge in [0.2, 0.25) is 0 Å². The number of aliphatic hydroxyl groups is 1. The maximum absolute atomic E-state index is 13.7. The highest BCUT2D eigenvalue weighted by atomic mass is 16.3. The van der Waals surface area contributed by atoms with Gasteiger partial charge in [-0.15, -0.1) is 0 Å². The van der Waals surface area contributed by atoms with Crippen LogP contribution >= 0.6 is 0 Å². The van der Waals surface area contributed by atoms with Crippen molar-refractivity contribution in [2.75, 3.05) is 16.8 Å². The van der Waals surface area contributed by atoms with Gasteiger partial charge >= 0.3 is 0 Å². The Labute approximate surface area is 232 Å². The van der Waals surface area contributed by atoms with Crippen LogP contribution in [0.15, 0.2) is 47.7 Å². The number of aromatic nitrogens is 5. The molecule has 0 fully saturated rings.